The first-order chi connectivity index (χ1) is 12.5. The quantitative estimate of drug-likeness (QED) is 0.246. The number of guanidine groups is 1. The molecule has 0 spiro atoms. The van der Waals surface area contributed by atoms with E-state index >= 15 is 0 Å². The predicted molar refractivity (Wildman–Crippen MR) is 125 cm³/mol. The summed E-state index contributed by atoms with van der Waals surface area (Å²) in [7, 11) is 0. The van der Waals surface area contributed by atoms with E-state index < -0.39 is 0 Å². The second-order valence-electron chi connectivity index (χ2n) is 7.02. The molecule has 0 amide bonds. The number of aliphatic hydroxyl groups excluding tert-OH is 1. The Bertz CT molecular complexity index is 544. The van der Waals surface area contributed by atoms with Crippen molar-refractivity contribution in [3.63, 3.8) is 0 Å². The monoisotopic (exact) mass is 491 g/mol. The fourth-order valence-corrected chi connectivity index (χ4v) is 2.84. The molecule has 0 aromatic heterocycles. The van der Waals surface area contributed by atoms with Gasteiger partial charge in [0.25, 0.3) is 0 Å². The van der Waals surface area contributed by atoms with Gasteiger partial charge in [0.15, 0.2) is 5.96 Å². The molecule has 0 radical (unpaired) electrons. The standard InChI is InChI=1S/C21H37N3O2.HI/c1-6-8-18(11-12-25)14-23-21(22-7-2)24-15-19-10-9-17(5)13-20(19)26-16(3)4;/h9-10,13,16,18,25H,6-8,11-12,14-15H2,1-5H3,(H2,22,23,24);1H. The maximum atomic E-state index is 9.22. The van der Waals surface area contributed by atoms with E-state index in [0.717, 1.165) is 49.6 Å². The fourth-order valence-electron chi connectivity index (χ4n) is 2.84. The third-order valence-corrected chi connectivity index (χ3v) is 4.13. The van der Waals surface area contributed by atoms with Gasteiger partial charge in [0, 0.05) is 25.3 Å². The average molecular weight is 491 g/mol. The average Bonchev–Trinajstić information content (AvgIpc) is 2.58. The zero-order chi connectivity index (χ0) is 19.4. The molecule has 1 atom stereocenters. The highest BCUT2D eigenvalue weighted by Gasteiger charge is 2.09. The van der Waals surface area contributed by atoms with Crippen LogP contribution in [0.3, 0.4) is 0 Å². The number of aliphatic hydroxyl groups is 1. The fraction of sp³-hybridized carbons (Fsp3) is 0.667. The Morgan fingerprint density at radius 2 is 1.93 bits per heavy atom. The lowest BCUT2D eigenvalue weighted by atomic mass is 10.0. The van der Waals surface area contributed by atoms with Gasteiger partial charge in [-0.3, -0.25) is 0 Å². The van der Waals surface area contributed by atoms with Crippen LogP contribution in [0.15, 0.2) is 23.2 Å². The van der Waals surface area contributed by atoms with E-state index in [2.05, 4.69) is 49.6 Å². The number of nitrogens with zero attached hydrogens (tertiary/aromatic N) is 1. The molecular weight excluding hydrogens is 453 g/mol. The summed E-state index contributed by atoms with van der Waals surface area (Å²) in [6.45, 7) is 12.8. The Morgan fingerprint density at radius 1 is 1.19 bits per heavy atom. The second-order valence-corrected chi connectivity index (χ2v) is 7.02. The molecule has 1 rings (SSSR count). The van der Waals surface area contributed by atoms with Crippen molar-refractivity contribution in [2.45, 2.75) is 66.5 Å². The van der Waals surface area contributed by atoms with Gasteiger partial charge in [0.2, 0.25) is 0 Å². The lowest BCUT2D eigenvalue weighted by molar-refractivity contribution is 0.240. The topological polar surface area (TPSA) is 65.9 Å². The van der Waals surface area contributed by atoms with Gasteiger partial charge in [-0.05, 0) is 58.1 Å². The number of halogens is 1. The Labute approximate surface area is 182 Å². The number of rotatable bonds is 11. The van der Waals surface area contributed by atoms with Crippen molar-refractivity contribution in [2.75, 3.05) is 19.7 Å². The highest BCUT2D eigenvalue weighted by molar-refractivity contribution is 14.0. The van der Waals surface area contributed by atoms with Gasteiger partial charge in [-0.2, -0.15) is 0 Å². The molecule has 6 heteroatoms. The lowest BCUT2D eigenvalue weighted by Gasteiger charge is -2.18. The van der Waals surface area contributed by atoms with E-state index in [4.69, 9.17) is 9.73 Å². The molecule has 0 bridgehead atoms. The summed E-state index contributed by atoms with van der Waals surface area (Å²) in [5.41, 5.74) is 2.27. The zero-order valence-corrected chi connectivity index (χ0v) is 19.9. The zero-order valence-electron chi connectivity index (χ0n) is 17.5. The van der Waals surface area contributed by atoms with Crippen LogP contribution in [-0.2, 0) is 6.54 Å². The van der Waals surface area contributed by atoms with E-state index in [1.165, 1.54) is 5.56 Å². The largest absolute Gasteiger partial charge is 0.491 e. The van der Waals surface area contributed by atoms with Crippen LogP contribution in [0.1, 0.15) is 58.1 Å². The number of benzene rings is 1. The minimum atomic E-state index is 0. The summed E-state index contributed by atoms with van der Waals surface area (Å²) >= 11 is 0. The Morgan fingerprint density at radius 3 is 2.52 bits per heavy atom. The Balaban J connectivity index is 0.00000676. The van der Waals surface area contributed by atoms with Gasteiger partial charge >= 0.3 is 0 Å². The third kappa shape index (κ3) is 10.8. The molecule has 0 aliphatic rings. The van der Waals surface area contributed by atoms with E-state index in [1.807, 2.05) is 13.8 Å². The molecule has 0 fully saturated rings. The molecule has 0 saturated heterocycles. The van der Waals surface area contributed by atoms with Crippen LogP contribution < -0.4 is 15.4 Å². The molecule has 5 nitrogen and oxygen atoms in total. The maximum absolute atomic E-state index is 9.22. The highest BCUT2D eigenvalue weighted by atomic mass is 127. The van der Waals surface area contributed by atoms with Crippen LogP contribution in [0.4, 0.5) is 0 Å². The van der Waals surface area contributed by atoms with Crippen molar-refractivity contribution in [3.8, 4) is 5.75 Å². The van der Waals surface area contributed by atoms with Gasteiger partial charge in [-0.15, -0.1) is 24.0 Å². The Kier molecular flexibility index (Phi) is 14.4. The maximum Gasteiger partial charge on any atom is 0.191 e. The number of hydrogen-bond acceptors (Lipinski definition) is 3. The van der Waals surface area contributed by atoms with Crippen molar-refractivity contribution < 1.29 is 9.84 Å². The Hall–Kier alpha value is -1.02. The van der Waals surface area contributed by atoms with E-state index in [1.54, 1.807) is 0 Å². The first-order valence-electron chi connectivity index (χ1n) is 9.89. The lowest BCUT2D eigenvalue weighted by Crippen LogP contribution is -2.40. The molecule has 0 aliphatic heterocycles. The minimum Gasteiger partial charge on any atom is -0.491 e. The predicted octanol–water partition coefficient (Wildman–Crippen LogP) is 4.25. The van der Waals surface area contributed by atoms with E-state index in [9.17, 15) is 5.11 Å². The molecular formula is C21H38IN3O2. The molecule has 0 heterocycles. The summed E-state index contributed by atoms with van der Waals surface area (Å²) in [5.74, 6) is 2.18. The SMILES string of the molecule is CCCC(CCO)CNC(=NCc1ccc(C)cc1OC(C)C)NCC.I. The summed E-state index contributed by atoms with van der Waals surface area (Å²) in [5, 5.41) is 15.9. The van der Waals surface area contributed by atoms with Crippen LogP contribution in [0.2, 0.25) is 0 Å². The molecule has 156 valence electrons. The molecule has 0 saturated carbocycles. The minimum absolute atomic E-state index is 0. The molecule has 0 aliphatic carbocycles. The van der Waals surface area contributed by atoms with Gasteiger partial charge in [0.1, 0.15) is 5.75 Å². The first kappa shape index (κ1) is 26.0. The van der Waals surface area contributed by atoms with Gasteiger partial charge in [-0.1, -0.05) is 25.5 Å². The van der Waals surface area contributed by atoms with Crippen LogP contribution in [-0.4, -0.2) is 36.9 Å². The van der Waals surface area contributed by atoms with E-state index in [0.29, 0.717) is 12.5 Å². The van der Waals surface area contributed by atoms with Crippen LogP contribution in [0.5, 0.6) is 5.75 Å². The molecule has 3 N–H and O–H groups in total. The number of ether oxygens (including phenoxy) is 1. The smallest absolute Gasteiger partial charge is 0.191 e. The summed E-state index contributed by atoms with van der Waals surface area (Å²) in [6, 6.07) is 6.26. The number of aliphatic imine (C=N–C) groups is 1. The van der Waals surface area contributed by atoms with Crippen molar-refractivity contribution in [1.82, 2.24) is 10.6 Å². The highest BCUT2D eigenvalue weighted by Crippen LogP contribution is 2.22. The van der Waals surface area contributed by atoms with Crippen molar-refractivity contribution in [3.05, 3.63) is 29.3 Å². The van der Waals surface area contributed by atoms with E-state index in [-0.39, 0.29) is 36.7 Å². The number of nitrogens with one attached hydrogen (secondary N) is 2. The van der Waals surface area contributed by atoms with Crippen molar-refractivity contribution in [1.29, 1.82) is 0 Å². The van der Waals surface area contributed by atoms with Gasteiger partial charge < -0.3 is 20.5 Å². The molecule has 1 unspecified atom stereocenters. The normalized spacial score (nSPS) is 12.5. The molecule has 27 heavy (non-hydrogen) atoms. The number of hydrogen-bond donors (Lipinski definition) is 3. The summed E-state index contributed by atoms with van der Waals surface area (Å²) in [6.07, 6.45) is 3.19. The van der Waals surface area contributed by atoms with Gasteiger partial charge in [0.05, 0.1) is 12.6 Å². The second kappa shape index (κ2) is 15.0. The van der Waals surface area contributed by atoms with Crippen LogP contribution in [0, 0.1) is 12.8 Å². The van der Waals surface area contributed by atoms with Crippen molar-refractivity contribution in [2.24, 2.45) is 10.9 Å². The summed E-state index contributed by atoms with van der Waals surface area (Å²) in [4.78, 5) is 4.73. The summed E-state index contributed by atoms with van der Waals surface area (Å²) < 4.78 is 5.94. The van der Waals surface area contributed by atoms with Crippen LogP contribution in [0.25, 0.3) is 0 Å². The van der Waals surface area contributed by atoms with Crippen molar-refractivity contribution >= 4 is 29.9 Å². The number of aryl methyl sites for hydroxylation is 1. The first-order valence-corrected chi connectivity index (χ1v) is 9.89. The molecule has 1 aromatic rings. The van der Waals surface area contributed by atoms with Crippen LogP contribution >= 0.6 is 24.0 Å². The molecule has 1 aromatic carbocycles. The van der Waals surface area contributed by atoms with Gasteiger partial charge in [-0.25, -0.2) is 4.99 Å². The third-order valence-electron chi connectivity index (χ3n) is 4.13.